The van der Waals surface area contributed by atoms with E-state index in [1.54, 1.807) is 0 Å². The van der Waals surface area contributed by atoms with Crippen LogP contribution in [0.4, 0.5) is 0 Å². The first-order valence-corrected chi connectivity index (χ1v) is 8.49. The first-order chi connectivity index (χ1) is 8.99. The predicted octanol–water partition coefficient (Wildman–Crippen LogP) is 3.65. The predicted molar refractivity (Wildman–Crippen MR) is 83.1 cm³/mol. The normalized spacial score (nSPS) is 38.1. The summed E-state index contributed by atoms with van der Waals surface area (Å²) in [4.78, 5) is 2.68. The van der Waals surface area contributed by atoms with Crippen LogP contribution in [0.25, 0.3) is 0 Å². The van der Waals surface area contributed by atoms with Crippen molar-refractivity contribution in [3.8, 4) is 0 Å². The topological polar surface area (TPSA) is 29.3 Å². The van der Waals surface area contributed by atoms with Crippen LogP contribution in [0.15, 0.2) is 0 Å². The van der Waals surface area contributed by atoms with Gasteiger partial charge in [-0.15, -0.1) is 0 Å². The monoisotopic (exact) mass is 266 g/mol. The van der Waals surface area contributed by atoms with Gasteiger partial charge in [-0.05, 0) is 69.9 Å². The van der Waals surface area contributed by atoms with Crippen molar-refractivity contribution < 1.29 is 0 Å². The molecule has 0 bridgehead atoms. The Morgan fingerprint density at radius 2 is 1.79 bits per heavy atom. The van der Waals surface area contributed by atoms with Crippen molar-refractivity contribution in [2.24, 2.45) is 23.5 Å². The number of hydrogen-bond donors (Lipinski definition) is 1. The van der Waals surface area contributed by atoms with Crippen molar-refractivity contribution in [1.82, 2.24) is 4.90 Å². The molecule has 0 radical (unpaired) electrons. The minimum Gasteiger partial charge on any atom is -0.326 e. The minimum atomic E-state index is 0.224. The van der Waals surface area contributed by atoms with E-state index in [4.69, 9.17) is 5.73 Å². The molecule has 112 valence electrons. The Labute approximate surface area is 120 Å². The van der Waals surface area contributed by atoms with E-state index in [0.717, 1.165) is 17.8 Å². The number of rotatable bonds is 4. The van der Waals surface area contributed by atoms with Crippen LogP contribution in [0.3, 0.4) is 0 Å². The molecule has 2 aliphatic rings. The van der Waals surface area contributed by atoms with Gasteiger partial charge in [0.1, 0.15) is 0 Å². The molecule has 1 heterocycles. The molecule has 2 fully saturated rings. The zero-order valence-corrected chi connectivity index (χ0v) is 13.5. The summed E-state index contributed by atoms with van der Waals surface area (Å²) in [5, 5.41) is 0. The molecule has 1 saturated heterocycles. The number of nitrogens with two attached hydrogens (primary N) is 1. The third-order valence-electron chi connectivity index (χ3n) is 6.41. The maximum Gasteiger partial charge on any atom is 0.0332 e. The van der Waals surface area contributed by atoms with Gasteiger partial charge >= 0.3 is 0 Å². The van der Waals surface area contributed by atoms with E-state index in [-0.39, 0.29) is 5.54 Å². The lowest BCUT2D eigenvalue weighted by atomic mass is 9.68. The van der Waals surface area contributed by atoms with E-state index < -0.39 is 0 Å². The third kappa shape index (κ3) is 3.00. The molecule has 2 N–H and O–H groups in total. The smallest absolute Gasteiger partial charge is 0.0332 e. The highest BCUT2D eigenvalue weighted by molar-refractivity contribution is 5.00. The van der Waals surface area contributed by atoms with Gasteiger partial charge in [-0.25, -0.2) is 0 Å². The van der Waals surface area contributed by atoms with Crippen LogP contribution >= 0.6 is 0 Å². The molecule has 2 rings (SSSR count). The lowest BCUT2D eigenvalue weighted by molar-refractivity contribution is 0.0514. The second-order valence-corrected chi connectivity index (χ2v) is 7.46. The highest BCUT2D eigenvalue weighted by Gasteiger charge is 2.42. The summed E-state index contributed by atoms with van der Waals surface area (Å²) in [6.45, 7) is 12.1. The molecule has 0 amide bonds. The maximum atomic E-state index is 6.78. The molecule has 0 aromatic rings. The SMILES string of the molecule is CCC(C)(C(N)C1CCC(C)C(C)C1)N1CCCC1. The minimum absolute atomic E-state index is 0.224. The van der Waals surface area contributed by atoms with Gasteiger partial charge in [0.05, 0.1) is 0 Å². The van der Waals surface area contributed by atoms with Gasteiger partial charge in [-0.3, -0.25) is 4.90 Å². The van der Waals surface area contributed by atoms with Crippen molar-refractivity contribution >= 4 is 0 Å². The third-order valence-corrected chi connectivity index (χ3v) is 6.41. The van der Waals surface area contributed by atoms with Gasteiger partial charge in [0.2, 0.25) is 0 Å². The fraction of sp³-hybridized carbons (Fsp3) is 1.00. The van der Waals surface area contributed by atoms with Crippen LogP contribution in [-0.2, 0) is 0 Å². The van der Waals surface area contributed by atoms with Gasteiger partial charge in [-0.2, -0.15) is 0 Å². The van der Waals surface area contributed by atoms with E-state index in [2.05, 4.69) is 32.6 Å². The summed E-state index contributed by atoms with van der Waals surface area (Å²) in [6, 6.07) is 0.352. The second-order valence-electron chi connectivity index (χ2n) is 7.46. The first-order valence-electron chi connectivity index (χ1n) is 8.49. The summed E-state index contributed by atoms with van der Waals surface area (Å²) in [6.07, 6.45) is 7.97. The van der Waals surface area contributed by atoms with E-state index in [1.807, 2.05) is 0 Å². The summed E-state index contributed by atoms with van der Waals surface area (Å²) in [5.74, 6) is 2.48. The lowest BCUT2D eigenvalue weighted by Crippen LogP contribution is -2.60. The molecule has 5 unspecified atom stereocenters. The Kier molecular flexibility index (Phi) is 4.94. The van der Waals surface area contributed by atoms with Crippen LogP contribution in [-0.4, -0.2) is 29.6 Å². The van der Waals surface area contributed by atoms with Gasteiger partial charge in [0.15, 0.2) is 0 Å². The Hall–Kier alpha value is -0.0800. The zero-order chi connectivity index (χ0) is 14.0. The second kappa shape index (κ2) is 6.13. The molecule has 0 aromatic carbocycles. The van der Waals surface area contributed by atoms with Crippen molar-refractivity contribution in [3.63, 3.8) is 0 Å². The zero-order valence-electron chi connectivity index (χ0n) is 13.5. The van der Waals surface area contributed by atoms with Crippen molar-refractivity contribution in [1.29, 1.82) is 0 Å². The van der Waals surface area contributed by atoms with Crippen LogP contribution in [0.1, 0.15) is 66.2 Å². The summed E-state index contributed by atoms with van der Waals surface area (Å²) < 4.78 is 0. The number of likely N-dealkylation sites (tertiary alicyclic amines) is 1. The van der Waals surface area contributed by atoms with E-state index in [9.17, 15) is 0 Å². The molecular formula is C17H34N2. The highest BCUT2D eigenvalue weighted by Crippen LogP contribution is 2.39. The Morgan fingerprint density at radius 3 is 2.32 bits per heavy atom. The standard InChI is InChI=1S/C17H34N2/c1-5-17(4,19-10-6-7-11-19)16(18)15-9-8-13(2)14(3)12-15/h13-16H,5-12,18H2,1-4H3. The molecule has 19 heavy (non-hydrogen) atoms. The van der Waals surface area contributed by atoms with Gasteiger partial charge in [0.25, 0.3) is 0 Å². The lowest BCUT2D eigenvalue weighted by Gasteiger charge is -2.48. The molecule has 1 aliphatic heterocycles. The Balaban J connectivity index is 2.05. The first kappa shape index (κ1) is 15.3. The highest BCUT2D eigenvalue weighted by atomic mass is 15.2. The molecule has 2 heteroatoms. The van der Waals surface area contributed by atoms with Crippen molar-refractivity contribution in [3.05, 3.63) is 0 Å². The molecule has 0 aromatic heterocycles. The van der Waals surface area contributed by atoms with Crippen LogP contribution in [0.5, 0.6) is 0 Å². The molecule has 2 nitrogen and oxygen atoms in total. The largest absolute Gasteiger partial charge is 0.326 e. The summed E-state index contributed by atoms with van der Waals surface area (Å²) >= 11 is 0. The Morgan fingerprint density at radius 1 is 1.16 bits per heavy atom. The number of hydrogen-bond acceptors (Lipinski definition) is 2. The summed E-state index contributed by atoms with van der Waals surface area (Å²) in [7, 11) is 0. The molecule has 1 aliphatic carbocycles. The molecular weight excluding hydrogens is 232 g/mol. The molecule has 0 spiro atoms. The van der Waals surface area contributed by atoms with Crippen LogP contribution in [0.2, 0.25) is 0 Å². The van der Waals surface area contributed by atoms with Gasteiger partial charge in [0, 0.05) is 11.6 Å². The van der Waals surface area contributed by atoms with Crippen LogP contribution in [0, 0.1) is 17.8 Å². The molecule has 5 atom stereocenters. The van der Waals surface area contributed by atoms with Crippen molar-refractivity contribution in [2.75, 3.05) is 13.1 Å². The maximum absolute atomic E-state index is 6.78. The average Bonchev–Trinajstić information content (AvgIpc) is 2.94. The van der Waals surface area contributed by atoms with E-state index in [0.29, 0.717) is 6.04 Å². The fourth-order valence-electron chi connectivity index (χ4n) is 4.32. The number of nitrogens with zero attached hydrogens (tertiary/aromatic N) is 1. The van der Waals surface area contributed by atoms with Crippen molar-refractivity contribution in [2.45, 2.75) is 77.8 Å². The van der Waals surface area contributed by atoms with Crippen LogP contribution < -0.4 is 5.73 Å². The van der Waals surface area contributed by atoms with Gasteiger partial charge in [-0.1, -0.05) is 27.2 Å². The quantitative estimate of drug-likeness (QED) is 0.841. The molecule has 1 saturated carbocycles. The van der Waals surface area contributed by atoms with E-state index >= 15 is 0 Å². The average molecular weight is 266 g/mol. The summed E-state index contributed by atoms with van der Waals surface area (Å²) in [5.41, 5.74) is 7.01. The van der Waals surface area contributed by atoms with Gasteiger partial charge < -0.3 is 5.73 Å². The Bertz CT molecular complexity index is 285. The fourth-order valence-corrected chi connectivity index (χ4v) is 4.32. The van der Waals surface area contributed by atoms with E-state index in [1.165, 1.54) is 51.6 Å².